The molecule has 0 aliphatic rings. The molecule has 0 saturated heterocycles. The molecule has 0 spiro atoms. The van der Waals surface area contributed by atoms with Crippen LogP contribution in [-0.4, -0.2) is 4.57 Å². The summed E-state index contributed by atoms with van der Waals surface area (Å²) in [6, 6.07) is 8.54. The second-order valence-electron chi connectivity index (χ2n) is 3.28. The van der Waals surface area contributed by atoms with E-state index in [0.717, 1.165) is 0 Å². The Bertz CT molecular complexity index is 385. The summed E-state index contributed by atoms with van der Waals surface area (Å²) in [5.41, 5.74) is 2.70. The van der Waals surface area contributed by atoms with E-state index < -0.39 is 0 Å². The zero-order valence-electron chi connectivity index (χ0n) is 7.76. The highest BCUT2D eigenvalue weighted by molar-refractivity contribution is 5.88. The molecule has 2 aromatic rings. The third-order valence-corrected chi connectivity index (χ3v) is 2.71. The van der Waals surface area contributed by atoms with Gasteiger partial charge < -0.3 is 4.57 Å². The van der Waals surface area contributed by atoms with Crippen molar-refractivity contribution in [1.29, 1.82) is 0 Å². The van der Waals surface area contributed by atoms with Gasteiger partial charge in [-0.2, -0.15) is 0 Å². The maximum Gasteiger partial charge on any atom is 0.0222 e. The molecule has 0 unspecified atom stereocenters. The smallest absolute Gasteiger partial charge is 0.0222 e. The van der Waals surface area contributed by atoms with Gasteiger partial charge in [-0.25, -0.2) is 0 Å². The van der Waals surface area contributed by atoms with E-state index in [2.05, 4.69) is 49.7 Å². The third kappa shape index (κ3) is 0.795. The van der Waals surface area contributed by atoms with E-state index in [-0.39, 0.29) is 0 Å². The van der Waals surface area contributed by atoms with Crippen LogP contribution >= 0.6 is 0 Å². The van der Waals surface area contributed by atoms with Crippen LogP contribution < -0.4 is 0 Å². The fourth-order valence-electron chi connectivity index (χ4n) is 1.73. The fraction of sp³-hybridized carbons (Fsp3) is 0.273. The molecule has 0 bridgehead atoms. The van der Waals surface area contributed by atoms with E-state index >= 15 is 0 Å². The van der Waals surface area contributed by atoms with Crippen LogP contribution in [0.3, 0.4) is 0 Å². The first-order valence-corrected chi connectivity index (χ1v) is 4.22. The highest BCUT2D eigenvalue weighted by atomic mass is 14.9. The standard InChI is InChI=1S/C11H13N/c1-8-10-6-4-5-7-11(10)9(2)12(8)3/h4-7H,1-3H3. The van der Waals surface area contributed by atoms with Gasteiger partial charge in [0.15, 0.2) is 0 Å². The van der Waals surface area contributed by atoms with Gasteiger partial charge in [-0.15, -0.1) is 0 Å². The van der Waals surface area contributed by atoms with Crippen molar-refractivity contribution in [3.05, 3.63) is 35.7 Å². The molecule has 1 aromatic carbocycles. The molecule has 2 rings (SSSR count). The van der Waals surface area contributed by atoms with Crippen LogP contribution in [0.2, 0.25) is 0 Å². The SMILES string of the molecule is Cc1c2ccccc2c(C)n1C. The van der Waals surface area contributed by atoms with Crippen LogP contribution in [0.5, 0.6) is 0 Å². The molecule has 62 valence electrons. The Morgan fingerprint density at radius 2 is 1.33 bits per heavy atom. The van der Waals surface area contributed by atoms with E-state index in [4.69, 9.17) is 0 Å². The van der Waals surface area contributed by atoms with Crippen LogP contribution in [0.15, 0.2) is 24.3 Å². The predicted molar refractivity (Wildman–Crippen MR) is 52.4 cm³/mol. The van der Waals surface area contributed by atoms with E-state index in [1.54, 1.807) is 0 Å². The van der Waals surface area contributed by atoms with Gasteiger partial charge in [0.2, 0.25) is 0 Å². The summed E-state index contributed by atoms with van der Waals surface area (Å²) < 4.78 is 2.24. The van der Waals surface area contributed by atoms with Crippen molar-refractivity contribution in [3.8, 4) is 0 Å². The Kier molecular flexibility index (Phi) is 1.47. The molecular formula is C11H13N. The van der Waals surface area contributed by atoms with Crippen LogP contribution in [-0.2, 0) is 7.05 Å². The van der Waals surface area contributed by atoms with Gasteiger partial charge in [-0.1, -0.05) is 24.3 Å². The quantitative estimate of drug-likeness (QED) is 0.557. The molecule has 0 N–H and O–H groups in total. The summed E-state index contributed by atoms with van der Waals surface area (Å²) in [4.78, 5) is 0. The lowest BCUT2D eigenvalue weighted by atomic mass is 10.1. The van der Waals surface area contributed by atoms with E-state index in [1.165, 1.54) is 22.2 Å². The number of aromatic nitrogens is 1. The average molecular weight is 159 g/mol. The van der Waals surface area contributed by atoms with Crippen molar-refractivity contribution in [2.45, 2.75) is 13.8 Å². The number of benzene rings is 1. The second kappa shape index (κ2) is 2.37. The van der Waals surface area contributed by atoms with Gasteiger partial charge in [0.25, 0.3) is 0 Å². The van der Waals surface area contributed by atoms with E-state index in [0.29, 0.717) is 0 Å². The normalized spacial score (nSPS) is 10.9. The van der Waals surface area contributed by atoms with Crippen LogP contribution in [0.25, 0.3) is 10.8 Å². The monoisotopic (exact) mass is 159 g/mol. The number of nitrogens with zero attached hydrogens (tertiary/aromatic N) is 1. The zero-order valence-corrected chi connectivity index (χ0v) is 7.76. The summed E-state index contributed by atoms with van der Waals surface area (Å²) in [5.74, 6) is 0. The minimum absolute atomic E-state index is 1.35. The van der Waals surface area contributed by atoms with Crippen molar-refractivity contribution < 1.29 is 0 Å². The predicted octanol–water partition coefficient (Wildman–Crippen LogP) is 2.80. The lowest BCUT2D eigenvalue weighted by Gasteiger charge is -1.97. The fourth-order valence-corrected chi connectivity index (χ4v) is 1.73. The Morgan fingerprint density at radius 1 is 0.917 bits per heavy atom. The molecule has 0 saturated carbocycles. The van der Waals surface area contributed by atoms with Crippen molar-refractivity contribution in [1.82, 2.24) is 4.57 Å². The highest BCUT2D eigenvalue weighted by Crippen LogP contribution is 2.23. The maximum absolute atomic E-state index is 2.24. The van der Waals surface area contributed by atoms with Gasteiger partial charge in [0.1, 0.15) is 0 Å². The number of hydrogen-bond donors (Lipinski definition) is 0. The van der Waals surface area contributed by atoms with Crippen molar-refractivity contribution in [2.75, 3.05) is 0 Å². The molecule has 0 amide bonds. The van der Waals surface area contributed by atoms with Crippen LogP contribution in [0.4, 0.5) is 0 Å². The minimum Gasteiger partial charge on any atom is -0.351 e. The van der Waals surface area contributed by atoms with E-state index in [9.17, 15) is 0 Å². The molecule has 1 heterocycles. The van der Waals surface area contributed by atoms with Gasteiger partial charge in [0.05, 0.1) is 0 Å². The minimum atomic E-state index is 1.35. The van der Waals surface area contributed by atoms with Crippen molar-refractivity contribution in [3.63, 3.8) is 0 Å². The summed E-state index contributed by atoms with van der Waals surface area (Å²) >= 11 is 0. The third-order valence-electron chi connectivity index (χ3n) is 2.71. The summed E-state index contributed by atoms with van der Waals surface area (Å²) in [6.07, 6.45) is 0. The zero-order chi connectivity index (χ0) is 8.72. The van der Waals surface area contributed by atoms with E-state index in [1.807, 2.05) is 0 Å². The van der Waals surface area contributed by atoms with Gasteiger partial charge in [-0.3, -0.25) is 0 Å². The number of hydrogen-bond acceptors (Lipinski definition) is 0. The molecule has 1 heteroatoms. The summed E-state index contributed by atoms with van der Waals surface area (Å²) in [5, 5.41) is 2.75. The van der Waals surface area contributed by atoms with Gasteiger partial charge in [-0.05, 0) is 13.8 Å². The number of fused-ring (bicyclic) bond motifs is 1. The second-order valence-corrected chi connectivity index (χ2v) is 3.28. The summed E-state index contributed by atoms with van der Waals surface area (Å²) in [7, 11) is 2.12. The molecule has 0 fully saturated rings. The first-order valence-electron chi connectivity index (χ1n) is 4.22. The Labute approximate surface area is 72.6 Å². The van der Waals surface area contributed by atoms with Crippen molar-refractivity contribution in [2.24, 2.45) is 7.05 Å². The average Bonchev–Trinajstić information content (AvgIpc) is 2.33. The molecule has 0 aliphatic carbocycles. The summed E-state index contributed by atoms with van der Waals surface area (Å²) in [6.45, 7) is 4.32. The Hall–Kier alpha value is -1.24. The Balaban J connectivity index is 2.99. The largest absolute Gasteiger partial charge is 0.351 e. The highest BCUT2D eigenvalue weighted by Gasteiger charge is 2.05. The molecule has 0 aliphatic heterocycles. The molecule has 0 radical (unpaired) electrons. The molecule has 1 aromatic heterocycles. The lowest BCUT2D eigenvalue weighted by molar-refractivity contribution is 0.851. The van der Waals surface area contributed by atoms with Gasteiger partial charge in [0, 0.05) is 29.2 Å². The number of aryl methyl sites for hydroxylation is 2. The molecule has 0 atom stereocenters. The number of rotatable bonds is 0. The first kappa shape index (κ1) is 7.41. The van der Waals surface area contributed by atoms with Crippen LogP contribution in [0, 0.1) is 13.8 Å². The topological polar surface area (TPSA) is 4.93 Å². The Morgan fingerprint density at radius 3 is 1.75 bits per heavy atom. The van der Waals surface area contributed by atoms with Crippen molar-refractivity contribution >= 4 is 10.8 Å². The molecular weight excluding hydrogens is 146 g/mol. The molecule has 12 heavy (non-hydrogen) atoms. The maximum atomic E-state index is 2.24. The van der Waals surface area contributed by atoms with Gasteiger partial charge >= 0.3 is 0 Å². The van der Waals surface area contributed by atoms with Crippen LogP contribution in [0.1, 0.15) is 11.4 Å². The lowest BCUT2D eigenvalue weighted by Crippen LogP contribution is -1.91. The first-order chi connectivity index (χ1) is 5.72. The molecule has 1 nitrogen and oxygen atoms in total.